The van der Waals surface area contributed by atoms with Crippen molar-refractivity contribution >= 4 is 25.7 Å². The van der Waals surface area contributed by atoms with Crippen molar-refractivity contribution in [2.45, 2.75) is 26.9 Å². The summed E-state index contributed by atoms with van der Waals surface area (Å²) in [7, 11) is -1.47. The van der Waals surface area contributed by atoms with E-state index in [1.807, 2.05) is 36.4 Å². The first-order valence-electron chi connectivity index (χ1n) is 9.19. The fraction of sp³-hybridized carbons (Fsp3) is 0.208. The molecule has 3 aromatic carbocycles. The Kier molecular flexibility index (Phi) is 6.04. The highest BCUT2D eigenvalue weighted by Crippen LogP contribution is 2.37. The molecular weight excluding hydrogens is 348 g/mol. The largest absolute Gasteiger partial charge is 0.400 e. The molecule has 27 heavy (non-hydrogen) atoms. The molecule has 0 N–H and O–H groups in total. The van der Waals surface area contributed by atoms with Crippen LogP contribution in [0.4, 0.5) is 0 Å². The van der Waals surface area contributed by atoms with Gasteiger partial charge in [0.1, 0.15) is 6.29 Å². The average Bonchev–Trinajstić information content (AvgIpc) is 2.69. The van der Waals surface area contributed by atoms with Gasteiger partial charge in [0, 0.05) is 5.56 Å². The van der Waals surface area contributed by atoms with Crippen molar-refractivity contribution in [3.8, 4) is 0 Å². The first kappa shape index (κ1) is 19.3. The zero-order chi connectivity index (χ0) is 19.3. The zero-order valence-electron chi connectivity index (χ0n) is 16.1. The fourth-order valence-electron chi connectivity index (χ4n) is 3.16. The van der Waals surface area contributed by atoms with Crippen LogP contribution in [-0.2, 0) is 4.43 Å². The van der Waals surface area contributed by atoms with E-state index in [-0.39, 0.29) is 11.5 Å². The number of hydrogen-bond donors (Lipinski definition) is 0. The van der Waals surface area contributed by atoms with Crippen LogP contribution in [0.2, 0.25) is 0 Å². The lowest BCUT2D eigenvalue weighted by molar-refractivity contribution is 0.0878. The second-order valence-electron chi connectivity index (χ2n) is 7.67. The van der Waals surface area contributed by atoms with Crippen molar-refractivity contribution in [2.75, 3.05) is 0 Å². The van der Waals surface area contributed by atoms with Gasteiger partial charge in [0.2, 0.25) is 0 Å². The maximum Gasteiger partial charge on any atom is 0.283 e. The van der Waals surface area contributed by atoms with E-state index >= 15 is 0 Å². The third kappa shape index (κ3) is 4.62. The molecule has 0 aliphatic rings. The van der Waals surface area contributed by atoms with Crippen molar-refractivity contribution in [3.05, 3.63) is 96.1 Å². The first-order chi connectivity index (χ1) is 13.0. The van der Waals surface area contributed by atoms with Crippen molar-refractivity contribution < 1.29 is 9.22 Å². The Morgan fingerprint density at radius 3 is 1.74 bits per heavy atom. The van der Waals surface area contributed by atoms with E-state index in [9.17, 15) is 4.79 Å². The maximum atomic E-state index is 11.6. The van der Waals surface area contributed by atoms with Crippen LogP contribution in [0.3, 0.4) is 0 Å². The third-order valence-corrected chi connectivity index (χ3v) is 6.69. The van der Waals surface area contributed by atoms with E-state index in [2.05, 4.69) is 69.3 Å². The predicted molar refractivity (Wildman–Crippen MR) is 113 cm³/mol. The summed E-state index contributed by atoms with van der Waals surface area (Å²) >= 11 is 0. The highest BCUT2D eigenvalue weighted by atomic mass is 28.3. The average molecular weight is 374 g/mol. The minimum absolute atomic E-state index is 0.154. The van der Waals surface area contributed by atoms with E-state index in [0.29, 0.717) is 5.56 Å². The molecule has 0 saturated heterocycles. The van der Waals surface area contributed by atoms with Gasteiger partial charge in [0.15, 0.2) is 0 Å². The molecule has 0 heterocycles. The van der Waals surface area contributed by atoms with Gasteiger partial charge in [-0.25, -0.2) is 0 Å². The van der Waals surface area contributed by atoms with Crippen LogP contribution in [0, 0.1) is 5.41 Å². The number of aldehydes is 1. The normalized spacial score (nSPS) is 12.7. The van der Waals surface area contributed by atoms with Crippen LogP contribution in [-0.4, -0.2) is 15.3 Å². The maximum absolute atomic E-state index is 11.6. The standard InChI is InChI=1S/C24H25O2Si/c1-24(2,3)23(22-17-11-10-12-19(22)18-25)26-27(20-13-6-4-7-14-20)21-15-8-5-9-16-21/h4-18,23H,1-3H3. The molecule has 1 radical (unpaired) electrons. The Labute approximate surface area is 163 Å². The van der Waals surface area contributed by atoms with Crippen molar-refractivity contribution in [3.63, 3.8) is 0 Å². The SMILES string of the molecule is CC(C)(C)C(O[Si](c1ccccc1)c1ccccc1)c1ccccc1C=O. The lowest BCUT2D eigenvalue weighted by atomic mass is 9.83. The first-order valence-corrected chi connectivity index (χ1v) is 10.6. The minimum atomic E-state index is -1.47. The fourth-order valence-corrected chi connectivity index (χ4v) is 5.48. The molecular formula is C24H25O2Si. The van der Waals surface area contributed by atoms with E-state index in [0.717, 1.165) is 11.8 Å². The zero-order valence-corrected chi connectivity index (χ0v) is 17.1. The monoisotopic (exact) mass is 373 g/mol. The van der Waals surface area contributed by atoms with Crippen molar-refractivity contribution in [1.82, 2.24) is 0 Å². The Balaban J connectivity index is 2.07. The lowest BCUT2D eigenvalue weighted by Gasteiger charge is -2.35. The molecule has 137 valence electrons. The van der Waals surface area contributed by atoms with E-state index in [1.165, 1.54) is 10.4 Å². The number of carbonyl (C=O) groups is 1. The summed E-state index contributed by atoms with van der Waals surface area (Å²) < 4.78 is 6.86. The summed E-state index contributed by atoms with van der Waals surface area (Å²) in [5.41, 5.74) is 1.49. The molecule has 0 saturated carbocycles. The number of benzene rings is 3. The minimum Gasteiger partial charge on any atom is -0.400 e. The van der Waals surface area contributed by atoms with Gasteiger partial charge in [-0.15, -0.1) is 0 Å². The Morgan fingerprint density at radius 2 is 1.26 bits per heavy atom. The van der Waals surface area contributed by atoms with Crippen LogP contribution >= 0.6 is 0 Å². The summed E-state index contributed by atoms with van der Waals surface area (Å²) in [6.45, 7) is 6.48. The molecule has 0 amide bonds. The smallest absolute Gasteiger partial charge is 0.283 e. The molecule has 0 bridgehead atoms. The van der Waals surface area contributed by atoms with Crippen LogP contribution in [0.1, 0.15) is 42.8 Å². The summed E-state index contributed by atoms with van der Waals surface area (Å²) in [5, 5.41) is 2.40. The van der Waals surface area contributed by atoms with Gasteiger partial charge in [0.25, 0.3) is 9.04 Å². The summed E-state index contributed by atoms with van der Waals surface area (Å²) in [5.74, 6) is 0. The van der Waals surface area contributed by atoms with Gasteiger partial charge in [-0.1, -0.05) is 106 Å². The summed E-state index contributed by atoms with van der Waals surface area (Å²) in [6, 6.07) is 28.5. The van der Waals surface area contributed by atoms with Crippen molar-refractivity contribution in [1.29, 1.82) is 0 Å². The third-order valence-electron chi connectivity index (χ3n) is 4.50. The Morgan fingerprint density at radius 1 is 0.778 bits per heavy atom. The van der Waals surface area contributed by atoms with Gasteiger partial charge in [-0.2, -0.15) is 0 Å². The highest BCUT2D eigenvalue weighted by Gasteiger charge is 2.33. The molecule has 0 fully saturated rings. The highest BCUT2D eigenvalue weighted by molar-refractivity contribution is 6.80. The Hall–Kier alpha value is -2.49. The van der Waals surface area contributed by atoms with Crippen LogP contribution in [0.15, 0.2) is 84.9 Å². The second-order valence-corrected chi connectivity index (χ2v) is 9.72. The molecule has 0 spiro atoms. The molecule has 3 aromatic rings. The number of hydrogen-bond acceptors (Lipinski definition) is 2. The van der Waals surface area contributed by atoms with Gasteiger partial charge >= 0.3 is 0 Å². The van der Waals surface area contributed by atoms with E-state index in [4.69, 9.17) is 4.43 Å². The van der Waals surface area contributed by atoms with Crippen LogP contribution < -0.4 is 10.4 Å². The molecule has 2 nitrogen and oxygen atoms in total. The molecule has 0 aliphatic heterocycles. The van der Waals surface area contributed by atoms with Gasteiger partial charge in [-0.3, -0.25) is 4.79 Å². The molecule has 1 unspecified atom stereocenters. The molecule has 1 atom stereocenters. The lowest BCUT2D eigenvalue weighted by Crippen LogP contribution is -2.47. The van der Waals surface area contributed by atoms with Crippen molar-refractivity contribution in [2.24, 2.45) is 5.41 Å². The number of rotatable bonds is 6. The van der Waals surface area contributed by atoms with Gasteiger partial charge in [-0.05, 0) is 21.4 Å². The molecule has 3 rings (SSSR count). The van der Waals surface area contributed by atoms with E-state index < -0.39 is 9.04 Å². The quantitative estimate of drug-likeness (QED) is 0.473. The Bertz CT molecular complexity index is 830. The second kappa shape index (κ2) is 8.46. The topological polar surface area (TPSA) is 26.3 Å². The summed E-state index contributed by atoms with van der Waals surface area (Å²) in [6.07, 6.45) is 0.739. The molecule has 3 heteroatoms. The van der Waals surface area contributed by atoms with E-state index in [1.54, 1.807) is 0 Å². The predicted octanol–water partition coefficient (Wildman–Crippen LogP) is 4.41. The van der Waals surface area contributed by atoms with Gasteiger partial charge < -0.3 is 4.43 Å². The van der Waals surface area contributed by atoms with Gasteiger partial charge in [0.05, 0.1) is 6.10 Å². The van der Waals surface area contributed by atoms with Crippen LogP contribution in [0.25, 0.3) is 0 Å². The molecule has 0 aliphatic carbocycles. The van der Waals surface area contributed by atoms with Crippen LogP contribution in [0.5, 0.6) is 0 Å². The molecule has 0 aromatic heterocycles. The number of carbonyl (C=O) groups excluding carboxylic acids is 1. The summed E-state index contributed by atoms with van der Waals surface area (Å²) in [4.78, 5) is 11.6.